The van der Waals surface area contributed by atoms with Crippen LogP contribution in [0.1, 0.15) is 43.5 Å². The Morgan fingerprint density at radius 3 is 2.08 bits per heavy atom. The number of nitrogens with zero attached hydrogens (tertiary/aromatic N) is 1. The highest BCUT2D eigenvalue weighted by atomic mass is 16.5. The van der Waals surface area contributed by atoms with Crippen LogP contribution in [0.3, 0.4) is 0 Å². The first-order chi connectivity index (χ1) is 18.4. The standard InChI is InChI=1S/C30H31NO7/c1-20-4-8-22(9-5-20)28(33)29(23-10-6-21(2)7-11-23)38-30(34)24-12-13-25(26(18-24)35-3)37-19-27(32)31-14-16-36-17-15-31/h4-13,18,29H,14-17,19H2,1-3H3. The molecular weight excluding hydrogens is 486 g/mol. The van der Waals surface area contributed by atoms with Gasteiger partial charge in [0.1, 0.15) is 0 Å². The van der Waals surface area contributed by atoms with E-state index in [9.17, 15) is 14.4 Å². The normalized spacial score (nSPS) is 13.9. The zero-order chi connectivity index (χ0) is 27.1. The van der Waals surface area contributed by atoms with Crippen LogP contribution in [0.5, 0.6) is 11.5 Å². The molecule has 8 nitrogen and oxygen atoms in total. The molecule has 0 radical (unpaired) electrons. The lowest BCUT2D eigenvalue weighted by Crippen LogP contribution is -2.43. The van der Waals surface area contributed by atoms with Gasteiger partial charge in [-0.15, -0.1) is 0 Å². The number of amides is 1. The number of ketones is 1. The Hall–Kier alpha value is -4.17. The number of esters is 1. The van der Waals surface area contributed by atoms with Crippen LogP contribution < -0.4 is 9.47 Å². The summed E-state index contributed by atoms with van der Waals surface area (Å²) in [7, 11) is 1.44. The predicted octanol–water partition coefficient (Wildman–Crippen LogP) is 4.33. The Bertz CT molecular complexity index is 1280. The molecule has 0 aliphatic carbocycles. The number of methoxy groups -OCH3 is 1. The van der Waals surface area contributed by atoms with Crippen LogP contribution in [0, 0.1) is 13.8 Å². The number of ether oxygens (including phenoxy) is 4. The van der Waals surface area contributed by atoms with Crippen LogP contribution in [-0.4, -0.2) is 62.6 Å². The minimum atomic E-state index is -1.13. The van der Waals surface area contributed by atoms with Gasteiger partial charge in [-0.05, 0) is 32.0 Å². The van der Waals surface area contributed by atoms with E-state index in [0.29, 0.717) is 43.2 Å². The van der Waals surface area contributed by atoms with Gasteiger partial charge in [-0.2, -0.15) is 0 Å². The van der Waals surface area contributed by atoms with Gasteiger partial charge in [0.15, 0.2) is 24.2 Å². The monoisotopic (exact) mass is 517 g/mol. The zero-order valence-corrected chi connectivity index (χ0v) is 21.8. The van der Waals surface area contributed by atoms with Gasteiger partial charge in [-0.1, -0.05) is 59.7 Å². The Morgan fingerprint density at radius 2 is 1.45 bits per heavy atom. The van der Waals surface area contributed by atoms with Crippen molar-refractivity contribution in [2.45, 2.75) is 20.0 Å². The molecule has 1 fully saturated rings. The van der Waals surface area contributed by atoms with Gasteiger partial charge in [-0.3, -0.25) is 9.59 Å². The molecule has 0 bridgehead atoms. The average Bonchev–Trinajstić information content (AvgIpc) is 2.95. The van der Waals surface area contributed by atoms with Crippen molar-refractivity contribution in [1.29, 1.82) is 0 Å². The maximum atomic E-state index is 13.4. The average molecular weight is 518 g/mol. The molecule has 1 unspecified atom stereocenters. The SMILES string of the molecule is COc1cc(C(=O)OC(C(=O)c2ccc(C)cc2)c2ccc(C)cc2)ccc1OCC(=O)N1CCOCC1. The van der Waals surface area contributed by atoms with Gasteiger partial charge in [-0.25, -0.2) is 4.79 Å². The number of rotatable bonds is 9. The van der Waals surface area contributed by atoms with Crippen LogP contribution in [0.2, 0.25) is 0 Å². The minimum Gasteiger partial charge on any atom is -0.493 e. The quantitative estimate of drug-likeness (QED) is 0.308. The summed E-state index contributed by atoms with van der Waals surface area (Å²) >= 11 is 0. The van der Waals surface area contributed by atoms with E-state index in [1.165, 1.54) is 19.2 Å². The second-order valence-corrected chi connectivity index (χ2v) is 9.07. The van der Waals surface area contributed by atoms with Gasteiger partial charge in [0.25, 0.3) is 5.91 Å². The zero-order valence-electron chi connectivity index (χ0n) is 21.8. The summed E-state index contributed by atoms with van der Waals surface area (Å²) in [6.45, 7) is 5.76. The van der Waals surface area contributed by atoms with Crippen molar-refractivity contribution in [3.63, 3.8) is 0 Å². The van der Waals surface area contributed by atoms with E-state index in [-0.39, 0.29) is 29.6 Å². The predicted molar refractivity (Wildman–Crippen MR) is 141 cm³/mol. The van der Waals surface area contributed by atoms with E-state index in [1.54, 1.807) is 35.2 Å². The molecule has 1 amide bonds. The van der Waals surface area contributed by atoms with E-state index in [0.717, 1.165) is 11.1 Å². The number of Topliss-reactive ketones (excluding diaryl/α,β-unsaturated/α-hetero) is 1. The smallest absolute Gasteiger partial charge is 0.339 e. The van der Waals surface area contributed by atoms with Crippen LogP contribution in [0.25, 0.3) is 0 Å². The first kappa shape index (κ1) is 26.9. The Labute approximate surface area is 222 Å². The fraction of sp³-hybridized carbons (Fsp3) is 0.300. The highest BCUT2D eigenvalue weighted by Crippen LogP contribution is 2.30. The highest BCUT2D eigenvalue weighted by molar-refractivity contribution is 6.02. The van der Waals surface area contributed by atoms with Crippen LogP contribution in [0.4, 0.5) is 0 Å². The summed E-state index contributed by atoms with van der Waals surface area (Å²) in [5, 5.41) is 0. The lowest BCUT2D eigenvalue weighted by molar-refractivity contribution is -0.137. The topological polar surface area (TPSA) is 91.4 Å². The molecule has 1 atom stereocenters. The molecule has 0 saturated carbocycles. The van der Waals surface area contributed by atoms with Crippen molar-refractivity contribution in [1.82, 2.24) is 4.90 Å². The fourth-order valence-corrected chi connectivity index (χ4v) is 4.02. The summed E-state index contributed by atoms with van der Waals surface area (Å²) in [6, 6.07) is 19.0. The number of benzene rings is 3. The van der Waals surface area contributed by atoms with Gasteiger partial charge >= 0.3 is 5.97 Å². The number of hydrogen-bond donors (Lipinski definition) is 0. The van der Waals surface area contributed by atoms with E-state index in [4.69, 9.17) is 18.9 Å². The van der Waals surface area contributed by atoms with Crippen molar-refractivity contribution in [3.8, 4) is 11.5 Å². The third-order valence-corrected chi connectivity index (χ3v) is 6.29. The summed E-state index contributed by atoms with van der Waals surface area (Å²) in [5.74, 6) is -0.585. The van der Waals surface area contributed by atoms with Gasteiger partial charge in [0.05, 0.1) is 25.9 Å². The molecule has 1 saturated heterocycles. The van der Waals surface area contributed by atoms with Crippen LogP contribution in [-0.2, 0) is 14.3 Å². The number of carbonyl (C=O) groups excluding carboxylic acids is 3. The van der Waals surface area contributed by atoms with Crippen molar-refractivity contribution >= 4 is 17.7 Å². The molecule has 1 aliphatic rings. The Morgan fingerprint density at radius 1 is 0.842 bits per heavy atom. The first-order valence-electron chi connectivity index (χ1n) is 12.4. The van der Waals surface area contributed by atoms with E-state index in [2.05, 4.69) is 0 Å². The van der Waals surface area contributed by atoms with E-state index >= 15 is 0 Å². The molecule has 1 heterocycles. The fourth-order valence-electron chi connectivity index (χ4n) is 4.02. The molecule has 0 spiro atoms. The molecule has 1 aliphatic heterocycles. The molecule has 0 N–H and O–H groups in total. The summed E-state index contributed by atoms with van der Waals surface area (Å²) in [5.41, 5.74) is 3.24. The van der Waals surface area contributed by atoms with Gasteiger partial charge in [0.2, 0.25) is 5.78 Å². The van der Waals surface area contributed by atoms with Crippen molar-refractivity contribution in [2.75, 3.05) is 40.0 Å². The molecule has 8 heteroatoms. The summed E-state index contributed by atoms with van der Waals surface area (Å²) in [6.07, 6.45) is -1.13. The second kappa shape index (κ2) is 12.4. The summed E-state index contributed by atoms with van der Waals surface area (Å²) in [4.78, 5) is 40.7. The lowest BCUT2D eigenvalue weighted by atomic mass is 9.98. The molecule has 0 aromatic heterocycles. The molecular formula is C30H31NO7. The largest absolute Gasteiger partial charge is 0.493 e. The minimum absolute atomic E-state index is 0.158. The molecule has 38 heavy (non-hydrogen) atoms. The van der Waals surface area contributed by atoms with Crippen molar-refractivity contribution in [3.05, 3.63) is 94.5 Å². The first-order valence-corrected chi connectivity index (χ1v) is 12.4. The maximum absolute atomic E-state index is 13.4. The van der Waals surface area contributed by atoms with Crippen molar-refractivity contribution in [2.24, 2.45) is 0 Å². The van der Waals surface area contributed by atoms with Gasteiger partial charge < -0.3 is 23.8 Å². The van der Waals surface area contributed by atoms with Gasteiger partial charge in [0, 0.05) is 24.2 Å². The number of carbonyl (C=O) groups is 3. The molecule has 3 aromatic carbocycles. The maximum Gasteiger partial charge on any atom is 0.339 e. The Kier molecular flexibility index (Phi) is 8.76. The third-order valence-electron chi connectivity index (χ3n) is 6.29. The summed E-state index contributed by atoms with van der Waals surface area (Å²) < 4.78 is 22.1. The van der Waals surface area contributed by atoms with Crippen molar-refractivity contribution < 1.29 is 33.3 Å². The van der Waals surface area contributed by atoms with Crippen LogP contribution in [0.15, 0.2) is 66.7 Å². The molecule has 4 rings (SSSR count). The molecule has 3 aromatic rings. The third kappa shape index (κ3) is 6.58. The Balaban J connectivity index is 1.51. The van der Waals surface area contributed by atoms with E-state index < -0.39 is 12.1 Å². The van der Waals surface area contributed by atoms with Crippen LogP contribution >= 0.6 is 0 Å². The lowest BCUT2D eigenvalue weighted by Gasteiger charge is -2.26. The second-order valence-electron chi connectivity index (χ2n) is 9.07. The van der Waals surface area contributed by atoms with E-state index in [1.807, 2.05) is 38.1 Å². The highest BCUT2D eigenvalue weighted by Gasteiger charge is 2.27. The number of aryl methyl sites for hydroxylation is 2. The molecule has 198 valence electrons. The number of morpholine rings is 1. The number of hydrogen-bond acceptors (Lipinski definition) is 7.